The van der Waals surface area contributed by atoms with E-state index in [-0.39, 0.29) is 10.2 Å². The average molecular weight is 346 g/mol. The number of rotatable bonds is 4. The van der Waals surface area contributed by atoms with E-state index in [1.165, 1.54) is 24.9 Å². The molecule has 0 fully saturated rings. The van der Waals surface area contributed by atoms with Gasteiger partial charge in [0.05, 0.1) is 11.6 Å². The fourth-order valence-electron chi connectivity index (χ4n) is 1.02. The Balaban J connectivity index is 2.80. The van der Waals surface area contributed by atoms with Gasteiger partial charge < -0.3 is 4.74 Å². The molecule has 0 radical (unpaired) electrons. The second-order valence-electron chi connectivity index (χ2n) is 2.72. The number of hydrogen-bond acceptors (Lipinski definition) is 2. The minimum absolute atomic E-state index is 0.204. The second-order valence-corrected chi connectivity index (χ2v) is 5.68. The SMILES string of the molecule is COc1c(F)cc(SCC=C(Cl)Cl)cc1Br. The van der Waals surface area contributed by atoms with Gasteiger partial charge in [0.1, 0.15) is 4.49 Å². The predicted octanol–water partition coefficient (Wildman–Crippen LogP) is 5.01. The molecule has 0 aliphatic carbocycles. The topological polar surface area (TPSA) is 9.23 Å². The first-order chi connectivity index (χ1) is 7.54. The Hall–Kier alpha value is 0.1000. The van der Waals surface area contributed by atoms with Crippen LogP contribution in [0.15, 0.2) is 32.1 Å². The van der Waals surface area contributed by atoms with Crippen molar-refractivity contribution in [2.45, 2.75) is 4.90 Å². The number of ether oxygens (including phenoxy) is 1. The Kier molecular flexibility index (Phi) is 5.97. The third-order valence-electron chi connectivity index (χ3n) is 1.66. The Labute approximate surface area is 116 Å². The van der Waals surface area contributed by atoms with Crippen molar-refractivity contribution < 1.29 is 9.13 Å². The van der Waals surface area contributed by atoms with Gasteiger partial charge in [0.2, 0.25) is 0 Å². The molecule has 0 heterocycles. The molecule has 0 amide bonds. The van der Waals surface area contributed by atoms with E-state index in [1.54, 1.807) is 12.1 Å². The van der Waals surface area contributed by atoms with Gasteiger partial charge in [-0.1, -0.05) is 23.2 Å². The molecule has 0 N–H and O–H groups in total. The van der Waals surface area contributed by atoms with Gasteiger partial charge in [0.25, 0.3) is 0 Å². The minimum atomic E-state index is -0.402. The maximum atomic E-state index is 13.5. The summed E-state index contributed by atoms with van der Waals surface area (Å²) in [5.74, 6) is 0.385. The minimum Gasteiger partial charge on any atom is -0.492 e. The van der Waals surface area contributed by atoms with E-state index in [2.05, 4.69) is 15.9 Å². The van der Waals surface area contributed by atoms with E-state index < -0.39 is 5.82 Å². The lowest BCUT2D eigenvalue weighted by Gasteiger charge is -2.06. The Bertz CT molecular complexity index is 385. The number of benzene rings is 1. The zero-order chi connectivity index (χ0) is 12.1. The van der Waals surface area contributed by atoms with E-state index >= 15 is 0 Å². The lowest BCUT2D eigenvalue weighted by molar-refractivity contribution is 0.383. The van der Waals surface area contributed by atoms with Crippen molar-refractivity contribution in [1.82, 2.24) is 0 Å². The molecule has 0 aliphatic heterocycles. The fraction of sp³-hybridized carbons (Fsp3) is 0.200. The van der Waals surface area contributed by atoms with Crippen LogP contribution in [0.2, 0.25) is 0 Å². The van der Waals surface area contributed by atoms with Crippen molar-refractivity contribution in [3.8, 4) is 5.75 Å². The third kappa shape index (κ3) is 4.17. The fourth-order valence-corrected chi connectivity index (χ4v) is 2.93. The van der Waals surface area contributed by atoms with Crippen molar-refractivity contribution in [2.75, 3.05) is 12.9 Å². The molecule has 0 bridgehead atoms. The molecular weight excluding hydrogens is 338 g/mol. The van der Waals surface area contributed by atoms with E-state index in [9.17, 15) is 4.39 Å². The molecule has 1 aromatic carbocycles. The van der Waals surface area contributed by atoms with Gasteiger partial charge in [0.15, 0.2) is 11.6 Å². The summed E-state index contributed by atoms with van der Waals surface area (Å²) in [5.41, 5.74) is 0. The summed E-state index contributed by atoms with van der Waals surface area (Å²) in [6.07, 6.45) is 1.64. The summed E-state index contributed by atoms with van der Waals surface area (Å²) in [4.78, 5) is 0.774. The van der Waals surface area contributed by atoms with Gasteiger partial charge in [-0.3, -0.25) is 0 Å². The highest BCUT2D eigenvalue weighted by atomic mass is 79.9. The highest BCUT2D eigenvalue weighted by Gasteiger charge is 2.09. The summed E-state index contributed by atoms with van der Waals surface area (Å²) in [6, 6.07) is 3.19. The van der Waals surface area contributed by atoms with Gasteiger partial charge in [0, 0.05) is 10.6 Å². The predicted molar refractivity (Wildman–Crippen MR) is 71.2 cm³/mol. The molecule has 0 atom stereocenters. The lowest BCUT2D eigenvalue weighted by atomic mass is 10.3. The van der Waals surface area contributed by atoms with Crippen LogP contribution >= 0.6 is 50.9 Å². The first kappa shape index (κ1) is 14.2. The highest BCUT2D eigenvalue weighted by molar-refractivity contribution is 9.10. The first-order valence-electron chi connectivity index (χ1n) is 4.21. The van der Waals surface area contributed by atoms with Gasteiger partial charge in [-0.2, -0.15) is 0 Å². The lowest BCUT2D eigenvalue weighted by Crippen LogP contribution is -1.90. The van der Waals surface area contributed by atoms with Gasteiger partial charge in [-0.05, 0) is 34.1 Å². The molecule has 88 valence electrons. The molecule has 0 spiro atoms. The quantitative estimate of drug-likeness (QED) is 0.709. The number of methoxy groups -OCH3 is 1. The van der Waals surface area contributed by atoms with E-state index in [1.807, 2.05) is 0 Å². The Morgan fingerprint density at radius 3 is 2.75 bits per heavy atom. The molecule has 0 aliphatic rings. The van der Waals surface area contributed by atoms with Crippen LogP contribution in [-0.4, -0.2) is 12.9 Å². The zero-order valence-corrected chi connectivity index (χ0v) is 12.2. The Morgan fingerprint density at radius 1 is 1.56 bits per heavy atom. The Morgan fingerprint density at radius 2 is 2.25 bits per heavy atom. The molecule has 1 rings (SSSR count). The summed E-state index contributed by atoms with van der Waals surface area (Å²) in [6.45, 7) is 0. The van der Waals surface area contributed by atoms with E-state index in [4.69, 9.17) is 27.9 Å². The van der Waals surface area contributed by atoms with Crippen molar-refractivity contribution in [3.63, 3.8) is 0 Å². The van der Waals surface area contributed by atoms with Crippen molar-refractivity contribution in [1.29, 1.82) is 0 Å². The molecule has 0 unspecified atom stereocenters. The normalized spacial score (nSPS) is 10.1. The molecule has 1 nitrogen and oxygen atoms in total. The highest BCUT2D eigenvalue weighted by Crippen LogP contribution is 2.33. The molecule has 1 aromatic rings. The molecule has 0 saturated carbocycles. The monoisotopic (exact) mass is 344 g/mol. The van der Waals surface area contributed by atoms with Crippen LogP contribution in [0.5, 0.6) is 5.75 Å². The van der Waals surface area contributed by atoms with Crippen molar-refractivity contribution in [3.05, 3.63) is 33.0 Å². The van der Waals surface area contributed by atoms with Crippen LogP contribution in [0.3, 0.4) is 0 Å². The number of hydrogen-bond donors (Lipinski definition) is 0. The standard InChI is InChI=1S/C10H8BrCl2FOS/c1-15-10-7(11)4-6(5-8(10)14)16-3-2-9(12)13/h2,4-5H,3H2,1H3. The molecule has 0 aromatic heterocycles. The van der Waals surface area contributed by atoms with Crippen molar-refractivity contribution >= 4 is 50.9 Å². The smallest absolute Gasteiger partial charge is 0.168 e. The molecular formula is C10H8BrCl2FOS. The van der Waals surface area contributed by atoms with Gasteiger partial charge in [-0.15, -0.1) is 11.8 Å². The first-order valence-corrected chi connectivity index (χ1v) is 6.75. The summed E-state index contributed by atoms with van der Waals surface area (Å²) >= 11 is 15.6. The summed E-state index contributed by atoms with van der Waals surface area (Å²) in [5, 5.41) is 0. The zero-order valence-electron chi connectivity index (χ0n) is 8.27. The van der Waals surface area contributed by atoms with Crippen LogP contribution in [0.1, 0.15) is 0 Å². The molecule has 16 heavy (non-hydrogen) atoms. The molecule has 6 heteroatoms. The van der Waals surface area contributed by atoms with Crippen LogP contribution in [0.25, 0.3) is 0 Å². The van der Waals surface area contributed by atoms with E-state index in [0.717, 1.165) is 4.90 Å². The van der Waals surface area contributed by atoms with E-state index in [0.29, 0.717) is 10.2 Å². The maximum Gasteiger partial charge on any atom is 0.168 e. The summed E-state index contributed by atoms with van der Waals surface area (Å²) in [7, 11) is 1.42. The van der Waals surface area contributed by atoms with Crippen molar-refractivity contribution in [2.24, 2.45) is 0 Å². The second kappa shape index (κ2) is 6.74. The van der Waals surface area contributed by atoms with Crippen LogP contribution < -0.4 is 4.74 Å². The number of thioether (sulfide) groups is 1. The van der Waals surface area contributed by atoms with Gasteiger partial charge >= 0.3 is 0 Å². The summed E-state index contributed by atoms with van der Waals surface area (Å²) < 4.78 is 19.1. The maximum absolute atomic E-state index is 13.5. The van der Waals surface area contributed by atoms with Gasteiger partial charge in [-0.25, -0.2) is 4.39 Å². The van der Waals surface area contributed by atoms with Crippen LogP contribution in [0, 0.1) is 5.82 Å². The largest absolute Gasteiger partial charge is 0.492 e. The third-order valence-corrected chi connectivity index (χ3v) is 3.46. The number of halogens is 4. The average Bonchev–Trinajstić information content (AvgIpc) is 2.16. The molecule has 0 saturated heterocycles. The van der Waals surface area contributed by atoms with Crippen LogP contribution in [-0.2, 0) is 0 Å². The van der Waals surface area contributed by atoms with Crippen LogP contribution in [0.4, 0.5) is 4.39 Å².